The van der Waals surface area contributed by atoms with Gasteiger partial charge in [-0.3, -0.25) is 0 Å². The van der Waals surface area contributed by atoms with E-state index in [0.29, 0.717) is 0 Å². The Kier molecular flexibility index (Phi) is 2130. The summed E-state index contributed by atoms with van der Waals surface area (Å²) in [7, 11) is 0. The van der Waals surface area contributed by atoms with Gasteiger partial charge in [0.15, 0.2) is 0 Å². The molecular weight excluding hydrogens is 241 g/mol. The second-order valence-electron chi connectivity index (χ2n) is 0. The first kappa shape index (κ1) is 148. The zero-order chi connectivity index (χ0) is 0. The molecule has 0 heterocycles. The second-order valence-corrected chi connectivity index (χ2v) is 0. The zero-order valence-corrected chi connectivity index (χ0v) is 8.85. The smallest absolute Gasteiger partial charge is 0 e. The number of hydrogen-bond acceptors (Lipinski definition) is 0. The molecule has 0 unspecified atom stereocenters. The number of halogens is 6. The molecule has 0 atom stereocenters. The van der Waals surface area contributed by atoms with Crippen molar-refractivity contribution in [3.63, 3.8) is 0 Å². The average molecular weight is 247 g/mol. The first-order valence-corrected chi connectivity index (χ1v) is 0. The predicted octanol–water partition coefficient (Wildman–Crippen LogP) is 2.15. The maximum atomic E-state index is 0. The number of rotatable bonds is 0. The molecule has 0 aliphatic rings. The number of hydrogen-bond donors (Lipinski definition) is 0. The SMILES string of the molecule is Cl.Cl.Cl.Cl.Cl.Cl.[Si]. The van der Waals surface area contributed by atoms with Gasteiger partial charge in [-0.15, -0.1) is 74.4 Å². The van der Waals surface area contributed by atoms with Crippen LogP contribution in [-0.2, 0) is 0 Å². The molecule has 0 saturated carbocycles. The van der Waals surface area contributed by atoms with E-state index in [9.17, 15) is 0 Å². The van der Waals surface area contributed by atoms with E-state index in [0.717, 1.165) is 0 Å². The molecule has 0 nitrogen and oxygen atoms in total. The lowest BCUT2D eigenvalue weighted by Gasteiger charge is -0.148. The fourth-order valence-electron chi connectivity index (χ4n) is 0. The quantitative estimate of drug-likeness (QED) is 0.575. The summed E-state index contributed by atoms with van der Waals surface area (Å²) in [5, 5.41) is 0. The third-order valence-electron chi connectivity index (χ3n) is 0. The lowest BCUT2D eigenvalue weighted by molar-refractivity contribution is 5.75. The van der Waals surface area contributed by atoms with Crippen LogP contribution in [0, 0.1) is 0 Å². The van der Waals surface area contributed by atoms with Gasteiger partial charge in [-0.25, -0.2) is 0 Å². The van der Waals surface area contributed by atoms with Crippen LogP contribution in [0.15, 0.2) is 0 Å². The van der Waals surface area contributed by atoms with E-state index in [4.69, 9.17) is 0 Å². The normalized spacial score (nSPS) is 0. The molecule has 0 fully saturated rings. The van der Waals surface area contributed by atoms with E-state index < -0.39 is 0 Å². The molecule has 0 aromatic heterocycles. The first-order valence-electron chi connectivity index (χ1n) is 0. The van der Waals surface area contributed by atoms with Crippen molar-refractivity contribution in [2.24, 2.45) is 0 Å². The van der Waals surface area contributed by atoms with E-state index in [1.54, 1.807) is 0 Å². The van der Waals surface area contributed by atoms with Crippen LogP contribution in [0.2, 0.25) is 0 Å². The summed E-state index contributed by atoms with van der Waals surface area (Å²) in [5.74, 6) is 0. The van der Waals surface area contributed by atoms with Gasteiger partial charge >= 0.3 is 0 Å². The molecule has 0 amide bonds. The van der Waals surface area contributed by atoms with Gasteiger partial charge in [-0.1, -0.05) is 0 Å². The van der Waals surface area contributed by atoms with Crippen LogP contribution < -0.4 is 0 Å². The van der Waals surface area contributed by atoms with Crippen LogP contribution in [0.5, 0.6) is 0 Å². The Morgan fingerprint density at radius 1 is 0.286 bits per heavy atom. The Balaban J connectivity index is 0. The summed E-state index contributed by atoms with van der Waals surface area (Å²) in [5.41, 5.74) is 0. The van der Waals surface area contributed by atoms with Crippen LogP contribution in [0.1, 0.15) is 0 Å². The minimum Gasteiger partial charge on any atom is -0.147 e. The highest BCUT2D eigenvalue weighted by molar-refractivity contribution is 5.86. The van der Waals surface area contributed by atoms with Crippen LogP contribution in [0.3, 0.4) is 0 Å². The molecule has 0 aliphatic carbocycles. The Bertz CT molecular complexity index is 4.14. The lowest BCUT2D eigenvalue weighted by atomic mass is 28.1. The lowest BCUT2D eigenvalue weighted by Crippen LogP contribution is -0.381. The van der Waals surface area contributed by atoms with Crippen molar-refractivity contribution in [2.75, 3.05) is 0 Å². The molecule has 0 saturated heterocycles. The van der Waals surface area contributed by atoms with Crippen molar-refractivity contribution in [3.8, 4) is 0 Å². The minimum atomic E-state index is 0. The molecule has 0 aromatic carbocycles. The summed E-state index contributed by atoms with van der Waals surface area (Å²) >= 11 is 0. The van der Waals surface area contributed by atoms with Gasteiger partial charge in [0.2, 0.25) is 0 Å². The second kappa shape index (κ2) is 101. The minimum absolute atomic E-state index is 0. The first-order chi connectivity index (χ1) is 0. The van der Waals surface area contributed by atoms with Crippen LogP contribution >= 0.6 is 74.4 Å². The molecule has 52 valence electrons. The van der Waals surface area contributed by atoms with E-state index in [-0.39, 0.29) is 85.4 Å². The van der Waals surface area contributed by atoms with Crippen molar-refractivity contribution < 1.29 is 0 Å². The van der Waals surface area contributed by atoms with Crippen molar-refractivity contribution in [1.82, 2.24) is 0 Å². The van der Waals surface area contributed by atoms with Crippen LogP contribution in [0.4, 0.5) is 0 Å². The van der Waals surface area contributed by atoms with Gasteiger partial charge in [-0.05, 0) is 0 Å². The molecular formula is H6Cl6Si. The monoisotopic (exact) mass is 244 g/mol. The molecule has 0 aromatic rings. The average Bonchev–Trinajstić information content (AvgIpc) is 0. The molecule has 0 aliphatic heterocycles. The van der Waals surface area contributed by atoms with Crippen molar-refractivity contribution in [2.45, 2.75) is 0 Å². The molecule has 7 heteroatoms. The molecule has 0 bridgehead atoms. The Labute approximate surface area is 85.1 Å². The van der Waals surface area contributed by atoms with Crippen LogP contribution in [0.25, 0.3) is 0 Å². The molecule has 4 radical (unpaired) electrons. The van der Waals surface area contributed by atoms with Gasteiger partial charge in [0, 0.05) is 11.0 Å². The maximum Gasteiger partial charge on any atom is 0 e. The molecule has 7 heavy (non-hydrogen) atoms. The highest BCUT2D eigenvalue weighted by Crippen LogP contribution is 0.695. The van der Waals surface area contributed by atoms with E-state index in [1.807, 2.05) is 0 Å². The van der Waals surface area contributed by atoms with Gasteiger partial charge in [0.25, 0.3) is 0 Å². The fraction of sp³-hybridized carbons (Fsp3) is 0. The standard InChI is InChI=1S/6ClH.Si/h6*1H;. The van der Waals surface area contributed by atoms with Crippen molar-refractivity contribution in [1.29, 1.82) is 0 Å². The zero-order valence-electron chi connectivity index (χ0n) is 2.95. The summed E-state index contributed by atoms with van der Waals surface area (Å²) in [6.45, 7) is 0. The third-order valence-corrected chi connectivity index (χ3v) is 0. The summed E-state index contributed by atoms with van der Waals surface area (Å²) in [6, 6.07) is 0. The summed E-state index contributed by atoms with van der Waals surface area (Å²) in [4.78, 5) is 0. The van der Waals surface area contributed by atoms with Gasteiger partial charge in [-0.2, -0.15) is 0 Å². The van der Waals surface area contributed by atoms with Gasteiger partial charge < -0.3 is 0 Å². The molecule has 0 rings (SSSR count). The Morgan fingerprint density at radius 2 is 0.286 bits per heavy atom. The Morgan fingerprint density at radius 3 is 0.286 bits per heavy atom. The largest absolute Gasteiger partial charge is 0.147 e. The fourth-order valence-corrected chi connectivity index (χ4v) is 0. The van der Waals surface area contributed by atoms with Gasteiger partial charge in [0.1, 0.15) is 0 Å². The summed E-state index contributed by atoms with van der Waals surface area (Å²) < 4.78 is 0. The van der Waals surface area contributed by atoms with Crippen molar-refractivity contribution >= 4 is 85.4 Å². The maximum absolute atomic E-state index is 0. The van der Waals surface area contributed by atoms with E-state index in [1.165, 1.54) is 0 Å². The highest BCUT2D eigenvalue weighted by Gasteiger charge is 0.0000424. The Hall–Kier alpha value is 1.96. The van der Waals surface area contributed by atoms with Crippen LogP contribution in [-0.4, -0.2) is 11.0 Å². The predicted molar refractivity (Wildman–Crippen MR) is 49.2 cm³/mol. The highest BCUT2D eigenvalue weighted by atomic mass is 35.5. The molecule has 0 N–H and O–H groups in total. The van der Waals surface area contributed by atoms with Crippen molar-refractivity contribution in [3.05, 3.63) is 0 Å². The molecule has 0 spiro atoms. The summed E-state index contributed by atoms with van der Waals surface area (Å²) in [6.07, 6.45) is 0. The third kappa shape index (κ3) is 73.7. The van der Waals surface area contributed by atoms with E-state index in [2.05, 4.69) is 0 Å². The van der Waals surface area contributed by atoms with E-state index >= 15 is 0 Å². The topological polar surface area (TPSA) is 0 Å². The van der Waals surface area contributed by atoms with Gasteiger partial charge in [0.05, 0.1) is 0 Å².